The van der Waals surface area contributed by atoms with Crippen molar-refractivity contribution in [3.05, 3.63) is 6.61 Å². The summed E-state index contributed by atoms with van der Waals surface area (Å²) in [6, 6.07) is 0. The molecular formula is C10H21O2. The molecule has 2 nitrogen and oxygen atoms in total. The Morgan fingerprint density at radius 3 is 2.42 bits per heavy atom. The lowest BCUT2D eigenvalue weighted by Crippen LogP contribution is -2.10. The summed E-state index contributed by atoms with van der Waals surface area (Å²) in [5.74, 6) is 0.588. The van der Waals surface area contributed by atoms with Crippen molar-refractivity contribution < 1.29 is 9.47 Å². The lowest BCUT2D eigenvalue weighted by atomic mass is 10.2. The van der Waals surface area contributed by atoms with Crippen molar-refractivity contribution in [1.82, 2.24) is 0 Å². The molecule has 0 heterocycles. The molecule has 0 bridgehead atoms. The number of hydrogen-bond acceptors (Lipinski definition) is 2. The summed E-state index contributed by atoms with van der Waals surface area (Å²) in [6.07, 6.45) is 1.39. The van der Waals surface area contributed by atoms with E-state index >= 15 is 0 Å². The van der Waals surface area contributed by atoms with Gasteiger partial charge in [-0.25, -0.2) is 0 Å². The highest BCUT2D eigenvalue weighted by molar-refractivity contribution is 4.52. The molecule has 73 valence electrons. The lowest BCUT2D eigenvalue weighted by Gasteiger charge is -2.10. The van der Waals surface area contributed by atoms with Crippen LogP contribution in [0.25, 0.3) is 0 Å². The van der Waals surface area contributed by atoms with E-state index in [0.717, 1.165) is 13.0 Å². The second-order valence-corrected chi connectivity index (χ2v) is 3.45. The Balaban J connectivity index is 3.00. The standard InChI is InChI=1S/C10H21O2/c1-5-10(4)12-7-6-11-8-9(2)3/h6,9-10H,5,7-8H2,1-4H3. The fourth-order valence-corrected chi connectivity index (χ4v) is 0.630. The predicted octanol–water partition coefficient (Wildman–Crippen LogP) is 2.64. The molecule has 0 rings (SSSR count). The maximum Gasteiger partial charge on any atom is 0.109 e. The minimum atomic E-state index is 0.337. The molecule has 0 aliphatic heterocycles. The second-order valence-electron chi connectivity index (χ2n) is 3.45. The van der Waals surface area contributed by atoms with Crippen LogP contribution in [-0.4, -0.2) is 19.3 Å². The first-order chi connectivity index (χ1) is 5.66. The first kappa shape index (κ1) is 11.9. The molecule has 0 spiro atoms. The van der Waals surface area contributed by atoms with Gasteiger partial charge < -0.3 is 9.47 Å². The van der Waals surface area contributed by atoms with E-state index in [1.165, 1.54) is 0 Å². The van der Waals surface area contributed by atoms with E-state index < -0.39 is 0 Å². The molecule has 0 fully saturated rings. The summed E-state index contributed by atoms with van der Waals surface area (Å²) in [7, 11) is 0. The molecule has 2 heteroatoms. The summed E-state index contributed by atoms with van der Waals surface area (Å²) in [4.78, 5) is 0. The van der Waals surface area contributed by atoms with Crippen molar-refractivity contribution in [2.45, 2.75) is 40.2 Å². The highest BCUT2D eigenvalue weighted by Crippen LogP contribution is 1.98. The lowest BCUT2D eigenvalue weighted by molar-refractivity contribution is 0.0376. The van der Waals surface area contributed by atoms with E-state index in [1.54, 1.807) is 6.61 Å². The van der Waals surface area contributed by atoms with Crippen molar-refractivity contribution in [2.24, 2.45) is 5.92 Å². The topological polar surface area (TPSA) is 18.5 Å². The molecule has 0 amide bonds. The van der Waals surface area contributed by atoms with Gasteiger partial charge in [0.15, 0.2) is 0 Å². The zero-order valence-corrected chi connectivity index (χ0v) is 8.67. The van der Waals surface area contributed by atoms with Crippen molar-refractivity contribution in [3.8, 4) is 0 Å². The molecule has 0 aliphatic carbocycles. The van der Waals surface area contributed by atoms with Crippen LogP contribution in [0.5, 0.6) is 0 Å². The highest BCUT2D eigenvalue weighted by Gasteiger charge is 1.98. The number of rotatable bonds is 7. The minimum Gasteiger partial charge on any atom is -0.376 e. The molecule has 1 unspecified atom stereocenters. The summed E-state index contributed by atoms with van der Waals surface area (Å²) in [6.45, 7) is 11.6. The molecule has 0 saturated heterocycles. The predicted molar refractivity (Wildman–Crippen MR) is 50.8 cm³/mol. The van der Waals surface area contributed by atoms with E-state index in [0.29, 0.717) is 18.6 Å². The van der Waals surface area contributed by atoms with Gasteiger partial charge in [0, 0.05) is 6.61 Å². The van der Waals surface area contributed by atoms with Crippen LogP contribution in [0.3, 0.4) is 0 Å². The van der Waals surface area contributed by atoms with Crippen LogP contribution in [0.1, 0.15) is 34.1 Å². The van der Waals surface area contributed by atoms with Crippen LogP contribution in [-0.2, 0) is 9.47 Å². The molecule has 1 atom stereocenters. The highest BCUT2D eigenvalue weighted by atomic mass is 16.5. The van der Waals surface area contributed by atoms with Crippen molar-refractivity contribution in [2.75, 3.05) is 13.2 Å². The van der Waals surface area contributed by atoms with Crippen molar-refractivity contribution in [3.63, 3.8) is 0 Å². The van der Waals surface area contributed by atoms with Crippen molar-refractivity contribution >= 4 is 0 Å². The molecule has 0 aromatic rings. The molecule has 12 heavy (non-hydrogen) atoms. The van der Waals surface area contributed by atoms with E-state index in [9.17, 15) is 0 Å². The van der Waals surface area contributed by atoms with Gasteiger partial charge in [0.2, 0.25) is 0 Å². The maximum atomic E-state index is 5.39. The van der Waals surface area contributed by atoms with Crippen LogP contribution < -0.4 is 0 Å². The van der Waals surface area contributed by atoms with Crippen LogP contribution in [0, 0.1) is 12.5 Å². The summed E-state index contributed by atoms with van der Waals surface area (Å²) < 4.78 is 10.6. The Kier molecular flexibility index (Phi) is 7.51. The second kappa shape index (κ2) is 7.56. The van der Waals surface area contributed by atoms with Crippen LogP contribution in [0.2, 0.25) is 0 Å². The minimum absolute atomic E-state index is 0.337. The van der Waals surface area contributed by atoms with Gasteiger partial charge in [-0.1, -0.05) is 20.8 Å². The van der Waals surface area contributed by atoms with Gasteiger partial charge in [-0.2, -0.15) is 0 Å². The average molecular weight is 173 g/mol. The molecule has 0 saturated carbocycles. The summed E-state index contributed by atoms with van der Waals surface area (Å²) in [5, 5.41) is 0. The Labute approximate surface area is 76.3 Å². The van der Waals surface area contributed by atoms with Gasteiger partial charge in [-0.15, -0.1) is 0 Å². The van der Waals surface area contributed by atoms with E-state index in [2.05, 4.69) is 27.7 Å². The average Bonchev–Trinajstić information content (AvgIpc) is 2.03. The maximum absolute atomic E-state index is 5.39. The van der Waals surface area contributed by atoms with E-state index in [1.807, 2.05) is 0 Å². The monoisotopic (exact) mass is 173 g/mol. The molecule has 0 aromatic carbocycles. The van der Waals surface area contributed by atoms with Gasteiger partial charge in [-0.05, 0) is 19.3 Å². The Bertz CT molecular complexity index is 91.8. The normalized spacial score (nSPS) is 13.8. The molecular weight excluding hydrogens is 152 g/mol. The van der Waals surface area contributed by atoms with Crippen LogP contribution >= 0.6 is 0 Å². The third-order valence-electron chi connectivity index (χ3n) is 1.57. The van der Waals surface area contributed by atoms with Gasteiger partial charge in [0.25, 0.3) is 0 Å². The first-order valence-corrected chi connectivity index (χ1v) is 4.71. The third-order valence-corrected chi connectivity index (χ3v) is 1.57. The van der Waals surface area contributed by atoms with Crippen LogP contribution in [0.15, 0.2) is 0 Å². The molecule has 0 aromatic heterocycles. The Morgan fingerprint density at radius 1 is 1.25 bits per heavy atom. The van der Waals surface area contributed by atoms with Gasteiger partial charge >= 0.3 is 0 Å². The van der Waals surface area contributed by atoms with Gasteiger partial charge in [0.1, 0.15) is 6.61 Å². The first-order valence-electron chi connectivity index (χ1n) is 4.71. The largest absolute Gasteiger partial charge is 0.376 e. The zero-order valence-electron chi connectivity index (χ0n) is 8.67. The van der Waals surface area contributed by atoms with E-state index in [-0.39, 0.29) is 0 Å². The molecule has 1 radical (unpaired) electrons. The zero-order chi connectivity index (χ0) is 9.40. The van der Waals surface area contributed by atoms with E-state index in [4.69, 9.17) is 9.47 Å². The van der Waals surface area contributed by atoms with Crippen molar-refractivity contribution in [1.29, 1.82) is 0 Å². The fraction of sp³-hybridized carbons (Fsp3) is 0.900. The third kappa shape index (κ3) is 8.02. The Hall–Kier alpha value is -0.0800. The Morgan fingerprint density at radius 2 is 1.92 bits per heavy atom. The number of ether oxygens (including phenoxy) is 2. The smallest absolute Gasteiger partial charge is 0.109 e. The molecule has 0 N–H and O–H groups in total. The van der Waals surface area contributed by atoms with Gasteiger partial charge in [0.05, 0.1) is 12.7 Å². The van der Waals surface area contributed by atoms with Gasteiger partial charge in [-0.3, -0.25) is 0 Å². The quantitative estimate of drug-likeness (QED) is 0.551. The SMILES string of the molecule is CCC(C)OC[CH]OCC(C)C. The summed E-state index contributed by atoms with van der Waals surface area (Å²) >= 11 is 0. The van der Waals surface area contributed by atoms with Crippen LogP contribution in [0.4, 0.5) is 0 Å². The molecule has 0 aliphatic rings. The number of hydrogen-bond donors (Lipinski definition) is 0. The summed E-state index contributed by atoms with van der Waals surface area (Å²) in [5.41, 5.74) is 0. The fourth-order valence-electron chi connectivity index (χ4n) is 0.630.